The largest absolute Gasteiger partial charge is 0.298 e. The first-order chi connectivity index (χ1) is 13.5. The Morgan fingerprint density at radius 1 is 0.714 bits per heavy atom. The molecule has 4 aromatic rings. The zero-order valence-corrected chi connectivity index (χ0v) is 15.5. The summed E-state index contributed by atoms with van der Waals surface area (Å²) in [5.41, 5.74) is 1.92. The highest BCUT2D eigenvalue weighted by Gasteiger charge is 2.21. The normalized spacial score (nSPS) is 11.5. The number of hydrogen-bond acceptors (Lipinski definition) is 3. The average Bonchev–Trinajstić information content (AvgIpc) is 2.73. The molecule has 0 saturated heterocycles. The van der Waals surface area contributed by atoms with Gasteiger partial charge < -0.3 is 0 Å². The van der Waals surface area contributed by atoms with Crippen molar-refractivity contribution < 1.29 is 17.6 Å². The van der Waals surface area contributed by atoms with Crippen LogP contribution in [0.4, 0.5) is 4.39 Å². The van der Waals surface area contributed by atoms with Crippen molar-refractivity contribution in [2.45, 2.75) is 9.79 Å². The molecule has 28 heavy (non-hydrogen) atoms. The number of aldehydes is 1. The smallest absolute Gasteiger partial charge is 0.207 e. The lowest BCUT2D eigenvalue weighted by atomic mass is 10.0. The SMILES string of the molecule is O=Cc1ccccc1S(=O)(=O)c1ccc2cc(-c3ccc(F)cc3)ccc2c1. The van der Waals surface area contributed by atoms with Crippen LogP contribution in [0.25, 0.3) is 21.9 Å². The van der Waals surface area contributed by atoms with Gasteiger partial charge in [0.15, 0.2) is 6.29 Å². The first-order valence-corrected chi connectivity index (χ1v) is 10.1. The number of carbonyl (C=O) groups excluding carboxylic acids is 1. The predicted octanol–water partition coefficient (Wildman–Crippen LogP) is 5.29. The minimum atomic E-state index is -3.81. The van der Waals surface area contributed by atoms with E-state index in [9.17, 15) is 17.6 Å². The number of hydrogen-bond donors (Lipinski definition) is 0. The molecule has 0 aliphatic rings. The Morgan fingerprint density at radius 2 is 1.36 bits per heavy atom. The Kier molecular flexibility index (Phi) is 4.53. The van der Waals surface area contributed by atoms with Crippen LogP contribution in [-0.4, -0.2) is 14.7 Å². The van der Waals surface area contributed by atoms with E-state index in [2.05, 4.69) is 0 Å². The number of carbonyl (C=O) groups is 1. The van der Waals surface area contributed by atoms with Crippen LogP contribution in [0.3, 0.4) is 0 Å². The van der Waals surface area contributed by atoms with Crippen molar-refractivity contribution in [1.29, 1.82) is 0 Å². The van der Waals surface area contributed by atoms with Crippen LogP contribution in [0.5, 0.6) is 0 Å². The molecule has 0 unspecified atom stereocenters. The molecule has 0 bridgehead atoms. The summed E-state index contributed by atoms with van der Waals surface area (Å²) >= 11 is 0. The van der Waals surface area contributed by atoms with Crippen molar-refractivity contribution in [2.24, 2.45) is 0 Å². The first kappa shape index (κ1) is 18.1. The fourth-order valence-corrected chi connectivity index (χ4v) is 4.63. The monoisotopic (exact) mass is 390 g/mol. The predicted molar refractivity (Wildman–Crippen MR) is 107 cm³/mol. The van der Waals surface area contributed by atoms with Gasteiger partial charge in [-0.3, -0.25) is 4.79 Å². The molecule has 0 fully saturated rings. The number of fused-ring (bicyclic) bond motifs is 1. The second-order valence-electron chi connectivity index (χ2n) is 6.39. The number of sulfone groups is 1. The summed E-state index contributed by atoms with van der Waals surface area (Å²) in [5, 5.41) is 1.62. The molecule has 138 valence electrons. The molecule has 0 amide bonds. The zero-order valence-electron chi connectivity index (χ0n) is 14.7. The third kappa shape index (κ3) is 3.21. The lowest BCUT2D eigenvalue weighted by Gasteiger charge is -2.09. The summed E-state index contributed by atoms with van der Waals surface area (Å²) in [6, 6.07) is 22.8. The molecule has 0 spiro atoms. The van der Waals surface area contributed by atoms with Gasteiger partial charge in [-0.1, -0.05) is 48.5 Å². The summed E-state index contributed by atoms with van der Waals surface area (Å²) < 4.78 is 39.1. The molecule has 4 rings (SSSR count). The molecule has 0 heterocycles. The maximum Gasteiger partial charge on any atom is 0.207 e. The number of benzene rings is 4. The summed E-state index contributed by atoms with van der Waals surface area (Å²) in [5.74, 6) is -0.296. The van der Waals surface area contributed by atoms with Crippen molar-refractivity contribution in [3.05, 3.63) is 96.3 Å². The van der Waals surface area contributed by atoms with Crippen LogP contribution in [-0.2, 0) is 9.84 Å². The average molecular weight is 390 g/mol. The van der Waals surface area contributed by atoms with Gasteiger partial charge in [-0.15, -0.1) is 0 Å². The highest BCUT2D eigenvalue weighted by Crippen LogP contribution is 2.29. The second-order valence-corrected chi connectivity index (χ2v) is 8.31. The minimum absolute atomic E-state index is 0.00715. The van der Waals surface area contributed by atoms with Crippen molar-refractivity contribution in [2.75, 3.05) is 0 Å². The highest BCUT2D eigenvalue weighted by molar-refractivity contribution is 7.91. The maximum atomic E-state index is 13.1. The van der Waals surface area contributed by atoms with Gasteiger partial charge in [0, 0.05) is 5.56 Å². The van der Waals surface area contributed by atoms with E-state index in [4.69, 9.17) is 0 Å². The summed E-state index contributed by atoms with van der Waals surface area (Å²) in [6.45, 7) is 0. The van der Waals surface area contributed by atoms with E-state index in [1.807, 2.05) is 18.2 Å². The van der Waals surface area contributed by atoms with Gasteiger partial charge in [0.2, 0.25) is 9.84 Å². The quantitative estimate of drug-likeness (QED) is 0.445. The summed E-state index contributed by atoms with van der Waals surface area (Å²) in [6.07, 6.45) is 0.545. The minimum Gasteiger partial charge on any atom is -0.298 e. The van der Waals surface area contributed by atoms with E-state index in [0.717, 1.165) is 21.9 Å². The lowest BCUT2D eigenvalue weighted by Crippen LogP contribution is -2.05. The summed E-state index contributed by atoms with van der Waals surface area (Å²) in [4.78, 5) is 11.3. The van der Waals surface area contributed by atoms with E-state index in [0.29, 0.717) is 6.29 Å². The van der Waals surface area contributed by atoms with Crippen molar-refractivity contribution >= 4 is 26.9 Å². The van der Waals surface area contributed by atoms with Gasteiger partial charge in [0.05, 0.1) is 9.79 Å². The summed E-state index contributed by atoms with van der Waals surface area (Å²) in [7, 11) is -3.81. The molecule has 5 heteroatoms. The fraction of sp³-hybridized carbons (Fsp3) is 0. The van der Waals surface area contributed by atoms with Crippen molar-refractivity contribution in [3.63, 3.8) is 0 Å². The van der Waals surface area contributed by atoms with Gasteiger partial charge in [-0.2, -0.15) is 0 Å². The van der Waals surface area contributed by atoms with Gasteiger partial charge in [-0.05, 0) is 58.3 Å². The van der Waals surface area contributed by atoms with Gasteiger partial charge in [0.1, 0.15) is 5.82 Å². The van der Waals surface area contributed by atoms with E-state index in [1.165, 1.54) is 30.3 Å². The first-order valence-electron chi connectivity index (χ1n) is 8.58. The van der Waals surface area contributed by atoms with Gasteiger partial charge in [0.25, 0.3) is 0 Å². The van der Waals surface area contributed by atoms with Gasteiger partial charge >= 0.3 is 0 Å². The Balaban J connectivity index is 1.79. The Morgan fingerprint density at radius 3 is 2.11 bits per heavy atom. The fourth-order valence-electron chi connectivity index (χ4n) is 3.16. The van der Waals surface area contributed by atoms with Crippen LogP contribution >= 0.6 is 0 Å². The number of rotatable bonds is 4. The van der Waals surface area contributed by atoms with E-state index < -0.39 is 9.84 Å². The number of halogens is 1. The molecular formula is C23H15FO3S. The third-order valence-corrected chi connectivity index (χ3v) is 6.46. The Bertz CT molecular complexity index is 1290. The van der Waals surface area contributed by atoms with Crippen LogP contribution in [0.2, 0.25) is 0 Å². The molecule has 0 aromatic heterocycles. The second kappa shape index (κ2) is 7.02. The topological polar surface area (TPSA) is 51.2 Å². The Labute approximate surface area is 162 Å². The molecule has 4 aromatic carbocycles. The van der Waals surface area contributed by atoms with E-state index in [-0.39, 0.29) is 21.2 Å². The molecule has 0 radical (unpaired) electrons. The molecule has 0 saturated carbocycles. The zero-order chi connectivity index (χ0) is 19.7. The van der Waals surface area contributed by atoms with Crippen LogP contribution in [0.15, 0.2) is 94.7 Å². The lowest BCUT2D eigenvalue weighted by molar-refractivity contribution is 0.112. The van der Waals surface area contributed by atoms with Crippen LogP contribution in [0.1, 0.15) is 10.4 Å². The highest BCUT2D eigenvalue weighted by atomic mass is 32.2. The van der Waals surface area contributed by atoms with Crippen LogP contribution < -0.4 is 0 Å². The molecular weight excluding hydrogens is 375 g/mol. The molecule has 0 aliphatic heterocycles. The molecule has 0 aliphatic carbocycles. The van der Waals surface area contributed by atoms with Crippen molar-refractivity contribution in [1.82, 2.24) is 0 Å². The van der Waals surface area contributed by atoms with E-state index >= 15 is 0 Å². The maximum absolute atomic E-state index is 13.1. The third-order valence-electron chi connectivity index (χ3n) is 4.64. The molecule has 0 N–H and O–H groups in total. The van der Waals surface area contributed by atoms with Crippen molar-refractivity contribution in [3.8, 4) is 11.1 Å². The van der Waals surface area contributed by atoms with Gasteiger partial charge in [-0.25, -0.2) is 12.8 Å². The van der Waals surface area contributed by atoms with E-state index in [1.54, 1.807) is 36.4 Å². The Hall–Kier alpha value is -3.31. The molecule has 3 nitrogen and oxygen atoms in total. The standard InChI is InChI=1S/C23H15FO3S/c24-21-10-7-16(8-11-21)17-5-6-19-14-22(12-9-18(19)13-17)28(26,27)23-4-2-1-3-20(23)15-25/h1-15H. The molecule has 0 atom stereocenters. The van der Waals surface area contributed by atoms with Crippen LogP contribution in [0, 0.1) is 5.82 Å².